The number of anilines is 1. The minimum Gasteiger partial charge on any atom is -0.497 e. The Hall–Kier alpha value is -2.71. The van der Waals surface area contributed by atoms with E-state index in [2.05, 4.69) is 15.5 Å². The number of hydrogen-bond donors (Lipinski definition) is 1. The van der Waals surface area contributed by atoms with Crippen LogP contribution in [0.15, 0.2) is 51.8 Å². The predicted molar refractivity (Wildman–Crippen MR) is 104 cm³/mol. The smallest absolute Gasteiger partial charge is 0.322 e. The maximum Gasteiger partial charge on any atom is 0.322 e. The molecule has 0 aliphatic heterocycles. The number of halogens is 1. The zero-order valence-electron chi connectivity index (χ0n) is 14.6. The van der Waals surface area contributed by atoms with Gasteiger partial charge in [-0.3, -0.25) is 10.1 Å². The third-order valence-corrected chi connectivity index (χ3v) is 4.72. The van der Waals surface area contributed by atoms with Crippen molar-refractivity contribution < 1.29 is 18.7 Å². The zero-order chi connectivity index (χ0) is 19.2. The second kappa shape index (κ2) is 8.79. The van der Waals surface area contributed by atoms with Gasteiger partial charge in [-0.1, -0.05) is 16.7 Å². The Morgan fingerprint density at radius 3 is 2.41 bits per heavy atom. The van der Waals surface area contributed by atoms with Crippen molar-refractivity contribution in [1.82, 2.24) is 10.2 Å². The average Bonchev–Trinajstić information content (AvgIpc) is 3.15. The number of carbonyl (C=O) groups excluding carboxylic acids is 1. The zero-order valence-corrected chi connectivity index (χ0v) is 16.1. The molecule has 0 spiro atoms. The van der Waals surface area contributed by atoms with Gasteiger partial charge < -0.3 is 13.9 Å². The maximum atomic E-state index is 12.1. The average molecular weight is 406 g/mol. The minimum absolute atomic E-state index is 0.0218. The number of carbonyl (C=O) groups is 1. The third kappa shape index (κ3) is 5.15. The molecule has 7 nitrogen and oxygen atoms in total. The maximum absolute atomic E-state index is 12.1. The summed E-state index contributed by atoms with van der Waals surface area (Å²) in [5.74, 6) is 1.37. The van der Waals surface area contributed by atoms with Crippen LogP contribution in [0.25, 0.3) is 11.5 Å². The van der Waals surface area contributed by atoms with Crippen molar-refractivity contribution in [3.63, 3.8) is 0 Å². The Balaban J connectivity index is 1.63. The molecule has 0 unspecified atom stereocenters. The summed E-state index contributed by atoms with van der Waals surface area (Å²) in [6.45, 7) is 0. The molecule has 0 aliphatic carbocycles. The molecule has 0 fully saturated rings. The van der Waals surface area contributed by atoms with E-state index >= 15 is 0 Å². The Bertz CT molecular complexity index is 908. The Morgan fingerprint density at radius 2 is 1.78 bits per heavy atom. The number of benzene rings is 2. The molecular weight excluding hydrogens is 390 g/mol. The molecule has 0 saturated carbocycles. The topological polar surface area (TPSA) is 86.5 Å². The van der Waals surface area contributed by atoms with Crippen LogP contribution in [0.5, 0.6) is 11.5 Å². The van der Waals surface area contributed by atoms with Crippen LogP contribution in [0.4, 0.5) is 6.01 Å². The van der Waals surface area contributed by atoms with Crippen LogP contribution in [-0.4, -0.2) is 36.1 Å². The lowest BCUT2D eigenvalue weighted by Gasteiger charge is -2.05. The fourth-order valence-corrected chi connectivity index (χ4v) is 2.98. The van der Waals surface area contributed by atoms with Gasteiger partial charge >= 0.3 is 6.01 Å². The van der Waals surface area contributed by atoms with Gasteiger partial charge in [0.15, 0.2) is 0 Å². The Labute approximate surface area is 165 Å². The SMILES string of the molecule is COc1cc(OC)cc(-c2nnc(NC(=O)CSc3ccc(Cl)cc3)o2)c1. The highest BCUT2D eigenvalue weighted by Gasteiger charge is 2.14. The van der Waals surface area contributed by atoms with Crippen LogP contribution in [0.3, 0.4) is 0 Å². The lowest BCUT2D eigenvalue weighted by Crippen LogP contribution is -2.14. The molecule has 1 amide bonds. The van der Waals surface area contributed by atoms with E-state index in [1.54, 1.807) is 44.6 Å². The third-order valence-electron chi connectivity index (χ3n) is 3.45. The van der Waals surface area contributed by atoms with E-state index in [0.29, 0.717) is 22.1 Å². The molecule has 9 heteroatoms. The van der Waals surface area contributed by atoms with Gasteiger partial charge in [-0.2, -0.15) is 0 Å². The first-order chi connectivity index (χ1) is 13.1. The molecule has 3 rings (SSSR count). The second-order valence-electron chi connectivity index (χ2n) is 5.30. The van der Waals surface area contributed by atoms with Gasteiger partial charge in [0.1, 0.15) is 11.5 Å². The molecule has 0 saturated heterocycles. The molecular formula is C18H16ClN3O4S. The Kier molecular flexibility index (Phi) is 6.20. The van der Waals surface area contributed by atoms with Crippen LogP contribution in [0.2, 0.25) is 5.02 Å². The van der Waals surface area contributed by atoms with Gasteiger partial charge in [-0.25, -0.2) is 0 Å². The van der Waals surface area contributed by atoms with Gasteiger partial charge in [0.25, 0.3) is 0 Å². The highest BCUT2D eigenvalue weighted by molar-refractivity contribution is 8.00. The van der Waals surface area contributed by atoms with Gasteiger partial charge in [0, 0.05) is 21.5 Å². The molecule has 2 aromatic carbocycles. The summed E-state index contributed by atoms with van der Waals surface area (Å²) >= 11 is 7.22. The first-order valence-electron chi connectivity index (χ1n) is 7.82. The molecule has 140 valence electrons. The number of thioether (sulfide) groups is 1. The van der Waals surface area contributed by atoms with Crippen molar-refractivity contribution in [2.24, 2.45) is 0 Å². The highest BCUT2D eigenvalue weighted by Crippen LogP contribution is 2.29. The first-order valence-corrected chi connectivity index (χ1v) is 9.19. The van der Waals surface area contributed by atoms with E-state index in [-0.39, 0.29) is 23.6 Å². The fourth-order valence-electron chi connectivity index (χ4n) is 2.16. The molecule has 1 aromatic heterocycles. The molecule has 3 aromatic rings. The standard InChI is InChI=1S/C18H16ClN3O4S/c1-24-13-7-11(8-14(9-13)25-2)17-21-22-18(26-17)20-16(23)10-27-15-5-3-12(19)4-6-15/h3-9H,10H2,1-2H3,(H,20,22,23). The molecule has 0 bridgehead atoms. The van der Waals surface area contributed by atoms with E-state index in [4.69, 9.17) is 25.5 Å². The minimum atomic E-state index is -0.256. The number of nitrogens with zero attached hydrogens (tertiary/aromatic N) is 2. The number of methoxy groups -OCH3 is 2. The van der Waals surface area contributed by atoms with Crippen LogP contribution in [-0.2, 0) is 4.79 Å². The number of aromatic nitrogens is 2. The van der Waals surface area contributed by atoms with E-state index in [1.807, 2.05) is 12.1 Å². The first kappa shape index (κ1) is 19.1. The molecule has 0 radical (unpaired) electrons. The van der Waals surface area contributed by atoms with Crippen LogP contribution in [0.1, 0.15) is 0 Å². The van der Waals surface area contributed by atoms with Crippen molar-refractivity contribution in [2.45, 2.75) is 4.90 Å². The van der Waals surface area contributed by atoms with E-state index in [9.17, 15) is 4.79 Å². The lowest BCUT2D eigenvalue weighted by molar-refractivity contribution is -0.113. The predicted octanol–water partition coefficient (Wildman–Crippen LogP) is 4.14. The molecule has 0 atom stereocenters. The molecule has 1 heterocycles. The van der Waals surface area contributed by atoms with Crippen LogP contribution in [0, 0.1) is 0 Å². The monoisotopic (exact) mass is 405 g/mol. The largest absolute Gasteiger partial charge is 0.497 e. The van der Waals surface area contributed by atoms with Gasteiger partial charge in [0.05, 0.1) is 20.0 Å². The van der Waals surface area contributed by atoms with Gasteiger partial charge in [0.2, 0.25) is 11.8 Å². The number of rotatable bonds is 7. The number of hydrogen-bond acceptors (Lipinski definition) is 7. The highest BCUT2D eigenvalue weighted by atomic mass is 35.5. The van der Waals surface area contributed by atoms with E-state index in [1.165, 1.54) is 11.8 Å². The van der Waals surface area contributed by atoms with Crippen molar-refractivity contribution in [1.29, 1.82) is 0 Å². The molecule has 27 heavy (non-hydrogen) atoms. The van der Waals surface area contributed by atoms with Crippen LogP contribution >= 0.6 is 23.4 Å². The quantitative estimate of drug-likeness (QED) is 0.591. The summed E-state index contributed by atoms with van der Waals surface area (Å²) in [7, 11) is 3.10. The molecule has 1 N–H and O–H groups in total. The normalized spacial score (nSPS) is 10.5. The molecule has 0 aliphatic rings. The number of ether oxygens (including phenoxy) is 2. The van der Waals surface area contributed by atoms with Gasteiger partial charge in [-0.05, 0) is 36.4 Å². The van der Waals surface area contributed by atoms with Crippen molar-refractivity contribution in [3.05, 3.63) is 47.5 Å². The summed E-state index contributed by atoms with van der Waals surface area (Å²) in [5.41, 5.74) is 0.620. The summed E-state index contributed by atoms with van der Waals surface area (Å²) in [5, 5.41) is 11.0. The summed E-state index contributed by atoms with van der Waals surface area (Å²) < 4.78 is 16.0. The van der Waals surface area contributed by atoms with Crippen molar-refractivity contribution >= 4 is 35.3 Å². The van der Waals surface area contributed by atoms with Crippen molar-refractivity contribution in [2.75, 3.05) is 25.3 Å². The summed E-state index contributed by atoms with van der Waals surface area (Å²) in [4.78, 5) is 13.0. The Morgan fingerprint density at radius 1 is 1.11 bits per heavy atom. The van der Waals surface area contributed by atoms with Crippen LogP contribution < -0.4 is 14.8 Å². The summed E-state index contributed by atoms with van der Waals surface area (Å²) in [6.07, 6.45) is 0. The number of amides is 1. The fraction of sp³-hybridized carbons (Fsp3) is 0.167. The van der Waals surface area contributed by atoms with Crippen molar-refractivity contribution in [3.8, 4) is 23.0 Å². The summed E-state index contributed by atoms with van der Waals surface area (Å²) in [6, 6.07) is 12.5. The van der Waals surface area contributed by atoms with E-state index in [0.717, 1.165) is 4.90 Å². The van der Waals surface area contributed by atoms with E-state index < -0.39 is 0 Å². The number of nitrogens with one attached hydrogen (secondary N) is 1. The lowest BCUT2D eigenvalue weighted by atomic mass is 10.2. The second-order valence-corrected chi connectivity index (χ2v) is 6.79. The van der Waals surface area contributed by atoms with Gasteiger partial charge in [-0.15, -0.1) is 16.9 Å².